The van der Waals surface area contributed by atoms with Crippen molar-refractivity contribution in [2.75, 3.05) is 39.9 Å². The van der Waals surface area contributed by atoms with Gasteiger partial charge >= 0.3 is 0 Å². The van der Waals surface area contributed by atoms with Crippen molar-refractivity contribution in [3.63, 3.8) is 0 Å². The lowest BCUT2D eigenvalue weighted by Gasteiger charge is -2.29. The Morgan fingerprint density at radius 3 is 2.80 bits per heavy atom. The lowest BCUT2D eigenvalue weighted by molar-refractivity contribution is 0.0434. The van der Waals surface area contributed by atoms with Crippen LogP contribution >= 0.6 is 0 Å². The molecule has 2 saturated heterocycles. The molecular formula is C18H25N5O2. The smallest absolute Gasteiger partial charge is 0.259 e. The average Bonchev–Trinajstić information content (AvgIpc) is 2.65. The fraction of sp³-hybridized carbons (Fsp3) is 0.611. The summed E-state index contributed by atoms with van der Waals surface area (Å²) in [5, 5.41) is 4.55. The molecule has 1 amide bonds. The predicted molar refractivity (Wildman–Crippen MR) is 93.8 cm³/mol. The first-order chi connectivity index (χ1) is 11.9. The Balaban J connectivity index is 1.74. The normalized spacial score (nSPS) is 24.6. The summed E-state index contributed by atoms with van der Waals surface area (Å²) in [5.74, 6) is 0.386. The second kappa shape index (κ2) is 6.07. The molecule has 0 saturated carbocycles. The first-order valence-corrected chi connectivity index (χ1v) is 8.85. The minimum Gasteiger partial charge on any atom is -0.379 e. The van der Waals surface area contributed by atoms with Crippen LogP contribution in [0.25, 0.3) is 5.65 Å². The van der Waals surface area contributed by atoms with E-state index in [4.69, 9.17) is 4.74 Å². The quantitative estimate of drug-likeness (QED) is 0.775. The standard InChI is InChI=1S/C18H25N5O2/c1-11-5-12(2)23-17(19-11)16(13(3)20-23)18(24)22-7-14-6-21(4)15(8-22)10-25-9-14/h5,14-15H,6-10H2,1-4H3/t14-,15+/m1/s1. The minimum atomic E-state index is 0.0391. The van der Waals surface area contributed by atoms with E-state index in [0.717, 1.165) is 36.8 Å². The number of carbonyl (C=O) groups excluding carboxylic acids is 1. The molecule has 2 atom stereocenters. The zero-order valence-electron chi connectivity index (χ0n) is 15.3. The van der Waals surface area contributed by atoms with Gasteiger partial charge in [-0.05, 0) is 33.9 Å². The summed E-state index contributed by atoms with van der Waals surface area (Å²) in [6.07, 6.45) is 0. The zero-order chi connectivity index (χ0) is 17.7. The van der Waals surface area contributed by atoms with Crippen molar-refractivity contribution in [2.24, 2.45) is 5.92 Å². The first kappa shape index (κ1) is 16.5. The van der Waals surface area contributed by atoms with Crippen molar-refractivity contribution in [1.82, 2.24) is 24.4 Å². The van der Waals surface area contributed by atoms with Gasteiger partial charge in [-0.1, -0.05) is 0 Å². The fourth-order valence-electron chi connectivity index (χ4n) is 4.05. The summed E-state index contributed by atoms with van der Waals surface area (Å²) in [5.41, 5.74) is 3.94. The molecule has 134 valence electrons. The van der Waals surface area contributed by atoms with Gasteiger partial charge in [-0.15, -0.1) is 0 Å². The van der Waals surface area contributed by atoms with Gasteiger partial charge in [0.2, 0.25) is 0 Å². The number of aryl methyl sites for hydroxylation is 3. The molecule has 4 rings (SSSR count). The number of nitrogens with zero attached hydrogens (tertiary/aromatic N) is 5. The van der Waals surface area contributed by atoms with Crippen LogP contribution < -0.4 is 0 Å². The molecule has 0 aromatic carbocycles. The molecule has 2 bridgehead atoms. The Morgan fingerprint density at radius 2 is 2.00 bits per heavy atom. The Kier molecular flexibility index (Phi) is 4.00. The van der Waals surface area contributed by atoms with Crippen LogP contribution in [-0.2, 0) is 4.74 Å². The first-order valence-electron chi connectivity index (χ1n) is 8.85. The average molecular weight is 343 g/mol. The number of carbonyl (C=O) groups is 1. The molecule has 2 aromatic rings. The topological polar surface area (TPSA) is 63.0 Å². The summed E-state index contributed by atoms with van der Waals surface area (Å²) in [6, 6.07) is 2.23. The summed E-state index contributed by atoms with van der Waals surface area (Å²) in [7, 11) is 2.12. The number of ether oxygens (including phenoxy) is 1. The molecule has 7 nitrogen and oxygen atoms in total. The van der Waals surface area contributed by atoms with E-state index in [1.807, 2.05) is 31.7 Å². The maximum atomic E-state index is 13.4. The highest BCUT2D eigenvalue weighted by Gasteiger charge is 2.35. The van der Waals surface area contributed by atoms with Gasteiger partial charge in [-0.3, -0.25) is 9.69 Å². The molecule has 0 aliphatic carbocycles. The van der Waals surface area contributed by atoms with Crippen molar-refractivity contribution >= 4 is 11.6 Å². The van der Waals surface area contributed by atoms with Crippen LogP contribution in [0.2, 0.25) is 0 Å². The molecule has 0 unspecified atom stereocenters. The van der Waals surface area contributed by atoms with Gasteiger partial charge in [0.15, 0.2) is 5.65 Å². The van der Waals surface area contributed by atoms with E-state index >= 15 is 0 Å². The third-order valence-corrected chi connectivity index (χ3v) is 5.31. The number of hydrogen-bond donors (Lipinski definition) is 0. The number of likely N-dealkylation sites (N-methyl/N-ethyl adjacent to an activating group) is 1. The van der Waals surface area contributed by atoms with Crippen LogP contribution in [0.3, 0.4) is 0 Å². The van der Waals surface area contributed by atoms with Crippen LogP contribution in [0.1, 0.15) is 27.4 Å². The lowest BCUT2D eigenvalue weighted by Crippen LogP contribution is -2.44. The molecule has 0 radical (unpaired) electrons. The Labute approximate surface area is 147 Å². The second-order valence-corrected chi connectivity index (χ2v) is 7.44. The van der Waals surface area contributed by atoms with E-state index < -0.39 is 0 Å². The van der Waals surface area contributed by atoms with Gasteiger partial charge in [0.05, 0.1) is 24.9 Å². The zero-order valence-corrected chi connectivity index (χ0v) is 15.3. The van der Waals surface area contributed by atoms with Crippen molar-refractivity contribution in [3.8, 4) is 0 Å². The van der Waals surface area contributed by atoms with E-state index in [0.29, 0.717) is 30.3 Å². The largest absolute Gasteiger partial charge is 0.379 e. The highest BCUT2D eigenvalue weighted by Crippen LogP contribution is 2.23. The number of hydrogen-bond acceptors (Lipinski definition) is 5. The van der Waals surface area contributed by atoms with E-state index in [1.165, 1.54) is 0 Å². The van der Waals surface area contributed by atoms with E-state index in [2.05, 4.69) is 22.0 Å². The molecule has 25 heavy (non-hydrogen) atoms. The van der Waals surface area contributed by atoms with Crippen LogP contribution in [0.5, 0.6) is 0 Å². The van der Waals surface area contributed by atoms with Gasteiger partial charge < -0.3 is 9.64 Å². The number of fused-ring (bicyclic) bond motifs is 4. The number of rotatable bonds is 1. The van der Waals surface area contributed by atoms with Crippen molar-refractivity contribution < 1.29 is 9.53 Å². The van der Waals surface area contributed by atoms with Gasteiger partial charge in [0, 0.05) is 36.9 Å². The fourth-order valence-corrected chi connectivity index (χ4v) is 4.05. The molecule has 2 aliphatic heterocycles. The molecular weight excluding hydrogens is 318 g/mol. The Hall–Kier alpha value is -1.99. The molecule has 2 aromatic heterocycles. The molecule has 0 N–H and O–H groups in total. The van der Waals surface area contributed by atoms with E-state index in [1.54, 1.807) is 4.52 Å². The molecule has 2 fully saturated rings. The van der Waals surface area contributed by atoms with Gasteiger partial charge in [-0.2, -0.15) is 5.10 Å². The molecule has 7 heteroatoms. The van der Waals surface area contributed by atoms with Crippen molar-refractivity contribution in [1.29, 1.82) is 0 Å². The molecule has 4 heterocycles. The van der Waals surface area contributed by atoms with E-state index in [-0.39, 0.29) is 11.9 Å². The Bertz CT molecular complexity index is 830. The maximum absolute atomic E-state index is 13.4. The molecule has 0 spiro atoms. The van der Waals surface area contributed by atoms with Crippen LogP contribution in [0.4, 0.5) is 0 Å². The predicted octanol–water partition coefficient (Wildman–Crippen LogP) is 1.06. The monoisotopic (exact) mass is 343 g/mol. The summed E-state index contributed by atoms with van der Waals surface area (Å²) < 4.78 is 7.55. The van der Waals surface area contributed by atoms with Crippen LogP contribution in [-0.4, -0.2) is 76.2 Å². The lowest BCUT2D eigenvalue weighted by atomic mass is 10.1. The van der Waals surface area contributed by atoms with Gasteiger partial charge in [-0.25, -0.2) is 9.50 Å². The van der Waals surface area contributed by atoms with E-state index in [9.17, 15) is 4.79 Å². The third kappa shape index (κ3) is 2.81. The summed E-state index contributed by atoms with van der Waals surface area (Å²) in [4.78, 5) is 22.3. The van der Waals surface area contributed by atoms with Crippen LogP contribution in [0, 0.1) is 26.7 Å². The second-order valence-electron chi connectivity index (χ2n) is 7.44. The highest BCUT2D eigenvalue weighted by atomic mass is 16.5. The third-order valence-electron chi connectivity index (χ3n) is 5.31. The van der Waals surface area contributed by atoms with Crippen molar-refractivity contribution in [3.05, 3.63) is 28.7 Å². The number of aromatic nitrogens is 3. The Morgan fingerprint density at radius 1 is 1.20 bits per heavy atom. The van der Waals surface area contributed by atoms with Gasteiger partial charge in [0.25, 0.3) is 5.91 Å². The van der Waals surface area contributed by atoms with Gasteiger partial charge in [0.1, 0.15) is 5.56 Å². The van der Waals surface area contributed by atoms with Crippen LogP contribution in [0.15, 0.2) is 6.07 Å². The summed E-state index contributed by atoms with van der Waals surface area (Å²) >= 11 is 0. The minimum absolute atomic E-state index is 0.0391. The summed E-state index contributed by atoms with van der Waals surface area (Å²) in [6.45, 7) is 9.62. The molecule has 2 aliphatic rings. The highest BCUT2D eigenvalue weighted by molar-refractivity contribution is 6.01. The SMILES string of the molecule is Cc1cc(C)n2nc(C)c(C(=O)N3C[C@@H]4COC[C@H](C3)N(C)C4)c2n1. The maximum Gasteiger partial charge on any atom is 0.259 e. The number of amides is 1. The van der Waals surface area contributed by atoms with Crippen molar-refractivity contribution in [2.45, 2.75) is 26.8 Å².